The number of hydrogen-bond donors (Lipinski definition) is 0. The van der Waals surface area contributed by atoms with E-state index in [9.17, 15) is 0 Å². The Labute approximate surface area is 415 Å². The van der Waals surface area contributed by atoms with E-state index in [1.54, 1.807) is 0 Å². The quantitative estimate of drug-likeness (QED) is 0.162. The molecule has 0 spiro atoms. The first kappa shape index (κ1) is 39.7. The molecule has 12 aromatic carbocycles. The Bertz CT molecular complexity index is 4300. The standard InChI is InChI=1S/C68H44N2O2/c1-39-41-15-11-17-43(35-41)45-19-3-7-25-57(45)69(59-27-13-23-51-47-21-5-9-29-63(47)71-67(51)59)61-37-55(39)49-31-33-54-62-38-56(50-32-34-53(61)65(49)66(50)54)40(2)42-16-12-18-44(36-42)46-20-4-8-26-58(46)70(62)60-28-14-24-52-48-22-6-10-30-64(48)72-68(52)60/h3-40H,1-2H3. The van der Waals surface area contributed by atoms with Crippen LogP contribution in [-0.2, 0) is 0 Å². The minimum absolute atomic E-state index is 0.0719. The van der Waals surface area contributed by atoms with Gasteiger partial charge >= 0.3 is 0 Å². The summed E-state index contributed by atoms with van der Waals surface area (Å²) in [6.45, 7) is 4.77. The van der Waals surface area contributed by atoms with Crippen LogP contribution in [-0.4, -0.2) is 0 Å². The number of fused-ring (bicyclic) bond motifs is 22. The maximum absolute atomic E-state index is 6.95. The van der Waals surface area contributed by atoms with Crippen molar-refractivity contribution in [2.24, 2.45) is 0 Å². The molecule has 2 aliphatic heterocycles. The van der Waals surface area contributed by atoms with Crippen molar-refractivity contribution in [1.82, 2.24) is 0 Å². The van der Waals surface area contributed by atoms with Crippen LogP contribution in [0, 0.1) is 0 Å². The molecule has 4 heteroatoms. The molecule has 0 N–H and O–H groups in total. The molecule has 2 atom stereocenters. The van der Waals surface area contributed by atoms with E-state index < -0.39 is 0 Å². The smallest absolute Gasteiger partial charge is 0.159 e. The second-order valence-corrected chi connectivity index (χ2v) is 19.9. The van der Waals surface area contributed by atoms with Crippen LogP contribution in [0.15, 0.2) is 227 Å². The molecule has 16 rings (SSSR count). The molecule has 0 saturated heterocycles. The first-order valence-electron chi connectivity index (χ1n) is 25.1. The zero-order chi connectivity index (χ0) is 47.3. The number of anilines is 6. The van der Waals surface area contributed by atoms with Gasteiger partial charge in [0.05, 0.1) is 34.1 Å². The van der Waals surface area contributed by atoms with Gasteiger partial charge in [-0.05, 0) is 103 Å². The van der Waals surface area contributed by atoms with Gasteiger partial charge in [0.15, 0.2) is 11.2 Å². The molecule has 0 aliphatic carbocycles. The van der Waals surface area contributed by atoms with Crippen molar-refractivity contribution in [3.63, 3.8) is 0 Å². The summed E-state index contributed by atoms with van der Waals surface area (Å²) in [6.07, 6.45) is 0. The summed E-state index contributed by atoms with van der Waals surface area (Å²) in [4.78, 5) is 5.00. The van der Waals surface area contributed by atoms with E-state index in [0.717, 1.165) is 89.1 Å². The van der Waals surface area contributed by atoms with Crippen molar-refractivity contribution in [2.45, 2.75) is 25.7 Å². The highest BCUT2D eigenvalue weighted by atomic mass is 16.3. The lowest BCUT2D eigenvalue weighted by atomic mass is 9.80. The molecule has 2 aromatic heterocycles. The maximum atomic E-state index is 6.95. The molecule has 2 aliphatic rings. The number of nitrogens with zero attached hydrogens (tertiary/aromatic N) is 2. The van der Waals surface area contributed by atoms with Gasteiger partial charge in [-0.1, -0.05) is 184 Å². The van der Waals surface area contributed by atoms with Crippen molar-refractivity contribution in [2.75, 3.05) is 9.80 Å². The summed E-state index contributed by atoms with van der Waals surface area (Å²) in [5.74, 6) is 0.144. The van der Waals surface area contributed by atoms with Crippen LogP contribution in [0.3, 0.4) is 0 Å². The van der Waals surface area contributed by atoms with Crippen LogP contribution in [0.1, 0.15) is 47.9 Å². The second kappa shape index (κ2) is 14.7. The fourth-order valence-electron chi connectivity index (χ4n) is 12.8. The van der Waals surface area contributed by atoms with Crippen molar-refractivity contribution in [3.8, 4) is 22.3 Å². The van der Waals surface area contributed by atoms with Gasteiger partial charge in [0, 0.05) is 55.3 Å². The van der Waals surface area contributed by atoms with Gasteiger partial charge in [-0.15, -0.1) is 0 Å². The summed E-state index contributed by atoms with van der Waals surface area (Å²) >= 11 is 0. The summed E-state index contributed by atoms with van der Waals surface area (Å²) in [5.41, 5.74) is 19.8. The van der Waals surface area contributed by atoms with Crippen LogP contribution in [0.4, 0.5) is 34.1 Å². The van der Waals surface area contributed by atoms with Crippen molar-refractivity contribution < 1.29 is 8.83 Å². The molecule has 0 amide bonds. The molecule has 0 saturated carbocycles. The van der Waals surface area contributed by atoms with E-state index in [1.165, 1.54) is 65.7 Å². The van der Waals surface area contributed by atoms with E-state index in [2.05, 4.69) is 242 Å². The predicted molar refractivity (Wildman–Crippen MR) is 300 cm³/mol. The molecule has 0 fully saturated rings. The summed E-state index contributed by atoms with van der Waals surface area (Å²) in [5, 5.41) is 11.8. The Kier molecular flexibility index (Phi) is 8.11. The van der Waals surface area contributed by atoms with Gasteiger partial charge in [0.1, 0.15) is 11.2 Å². The Morgan fingerprint density at radius 1 is 0.306 bits per heavy atom. The monoisotopic (exact) mass is 920 g/mol. The molecule has 338 valence electrons. The largest absolute Gasteiger partial charge is 0.454 e. The van der Waals surface area contributed by atoms with Crippen molar-refractivity contribution in [1.29, 1.82) is 0 Å². The Hall–Kier alpha value is -9.12. The van der Waals surface area contributed by atoms with E-state index >= 15 is 0 Å². The van der Waals surface area contributed by atoms with Crippen molar-refractivity contribution in [3.05, 3.63) is 241 Å². The van der Waals surface area contributed by atoms with Gasteiger partial charge < -0.3 is 18.6 Å². The minimum atomic E-state index is 0.0719. The third-order valence-corrected chi connectivity index (χ3v) is 16.3. The van der Waals surface area contributed by atoms with Gasteiger partial charge in [0.2, 0.25) is 0 Å². The lowest BCUT2D eigenvalue weighted by Gasteiger charge is -2.34. The highest BCUT2D eigenvalue weighted by Gasteiger charge is 2.32. The third kappa shape index (κ3) is 5.41. The van der Waals surface area contributed by atoms with Crippen molar-refractivity contribution >= 4 is 110 Å². The van der Waals surface area contributed by atoms with Crippen LogP contribution >= 0.6 is 0 Å². The molecule has 72 heavy (non-hydrogen) atoms. The average Bonchev–Trinajstić information content (AvgIpc) is 4.02. The number of rotatable bonds is 2. The molecule has 2 unspecified atom stereocenters. The topological polar surface area (TPSA) is 32.8 Å². The lowest BCUT2D eigenvalue weighted by molar-refractivity contribution is 0.669. The molecule has 4 nitrogen and oxygen atoms in total. The first-order valence-corrected chi connectivity index (χ1v) is 25.1. The Morgan fingerprint density at radius 2 is 0.694 bits per heavy atom. The zero-order valence-corrected chi connectivity index (χ0v) is 39.7. The summed E-state index contributed by atoms with van der Waals surface area (Å²) < 4.78 is 13.9. The molecular formula is C68H44N2O2. The summed E-state index contributed by atoms with van der Waals surface area (Å²) in [6, 6.07) is 80.9. The number of furan rings is 2. The Morgan fingerprint density at radius 3 is 1.18 bits per heavy atom. The molecule has 0 radical (unpaired) electrons. The summed E-state index contributed by atoms with van der Waals surface area (Å²) in [7, 11) is 0. The molecular weight excluding hydrogens is 877 g/mol. The number of para-hydroxylation sites is 6. The van der Waals surface area contributed by atoms with Crippen LogP contribution in [0.2, 0.25) is 0 Å². The normalized spacial score (nSPS) is 15.3. The fourth-order valence-corrected chi connectivity index (χ4v) is 12.8. The van der Waals surface area contributed by atoms with E-state index in [4.69, 9.17) is 8.83 Å². The Balaban J connectivity index is 1.08. The second-order valence-electron chi connectivity index (χ2n) is 19.9. The van der Waals surface area contributed by atoms with E-state index in [0.29, 0.717) is 0 Å². The van der Waals surface area contributed by atoms with Gasteiger partial charge in [0.25, 0.3) is 0 Å². The number of hydrogen-bond acceptors (Lipinski definition) is 4. The third-order valence-electron chi connectivity index (χ3n) is 16.3. The molecule has 4 heterocycles. The van der Waals surface area contributed by atoms with E-state index in [-0.39, 0.29) is 11.8 Å². The zero-order valence-electron chi connectivity index (χ0n) is 39.7. The van der Waals surface area contributed by atoms with Crippen LogP contribution in [0.25, 0.3) is 98.4 Å². The van der Waals surface area contributed by atoms with E-state index in [1.807, 2.05) is 0 Å². The molecule has 8 bridgehead atoms. The van der Waals surface area contributed by atoms with Gasteiger partial charge in [-0.2, -0.15) is 0 Å². The highest BCUT2D eigenvalue weighted by Crippen LogP contribution is 2.56. The fraction of sp³-hybridized carbons (Fsp3) is 0.0588. The first-order chi connectivity index (χ1) is 35.6. The van der Waals surface area contributed by atoms with Crippen LogP contribution in [0.5, 0.6) is 0 Å². The maximum Gasteiger partial charge on any atom is 0.159 e. The number of benzene rings is 12. The SMILES string of the molecule is CC1c2cccc(c2)-c2ccccc2N(c2cccc3c2oc2ccccc23)c2cc1c1ccc3c4cc(c5ccc2c1c53)C(C)c1cccc(c1)-c1ccccc1N4c1cccc2c1oc1ccccc12. The van der Waals surface area contributed by atoms with Gasteiger partial charge in [-0.3, -0.25) is 0 Å². The highest BCUT2D eigenvalue weighted by molar-refractivity contribution is 6.30. The van der Waals surface area contributed by atoms with Gasteiger partial charge in [-0.25, -0.2) is 0 Å². The average molecular weight is 921 g/mol. The minimum Gasteiger partial charge on any atom is -0.454 e. The molecule has 14 aromatic rings. The van der Waals surface area contributed by atoms with Crippen LogP contribution < -0.4 is 9.80 Å². The predicted octanol–water partition coefficient (Wildman–Crippen LogP) is 19.6. The lowest BCUT2D eigenvalue weighted by Crippen LogP contribution is -2.15.